The van der Waals surface area contributed by atoms with E-state index in [0.717, 1.165) is 5.56 Å². The van der Waals surface area contributed by atoms with Crippen LogP contribution in [0.3, 0.4) is 0 Å². The molecule has 1 aromatic carbocycles. The summed E-state index contributed by atoms with van der Waals surface area (Å²) in [6, 6.07) is 6.78. The van der Waals surface area contributed by atoms with E-state index in [1.54, 1.807) is 12.1 Å². The van der Waals surface area contributed by atoms with Crippen LogP contribution in [0.4, 0.5) is 10.5 Å². The van der Waals surface area contributed by atoms with Gasteiger partial charge in [0, 0.05) is 5.69 Å². The smallest absolute Gasteiger partial charge is 0.306 e. The minimum absolute atomic E-state index is 0.204. The molecule has 0 aromatic heterocycles. The predicted octanol–water partition coefficient (Wildman–Crippen LogP) is 1.39. The molecular formula is C10H12ClN3O2. The number of nitrogens with one attached hydrogen (secondary N) is 3. The minimum atomic E-state index is -0.521. The molecule has 1 rings (SSSR count). The fraction of sp³-hybridized carbons (Fsp3) is 0.200. The lowest BCUT2D eigenvalue weighted by atomic mass is 10.2. The van der Waals surface area contributed by atoms with Crippen LogP contribution in [0, 0.1) is 6.92 Å². The number of rotatable bonds is 2. The lowest BCUT2D eigenvalue weighted by Crippen LogP contribution is -2.44. The number of hydrogen-bond donors (Lipinski definition) is 3. The summed E-state index contributed by atoms with van der Waals surface area (Å²) in [6.45, 7) is 1.87. The van der Waals surface area contributed by atoms with Gasteiger partial charge in [0.1, 0.15) is 5.88 Å². The minimum Gasteiger partial charge on any atom is -0.306 e. The highest BCUT2D eigenvalue weighted by Crippen LogP contribution is 2.12. The Morgan fingerprint density at radius 1 is 1.25 bits per heavy atom. The number of hydrazine groups is 1. The first-order chi connectivity index (χ1) is 7.63. The van der Waals surface area contributed by atoms with Crippen molar-refractivity contribution in [1.29, 1.82) is 0 Å². The third-order valence-electron chi connectivity index (χ3n) is 1.83. The molecule has 0 aliphatic carbocycles. The molecule has 5 nitrogen and oxygen atoms in total. The van der Waals surface area contributed by atoms with Gasteiger partial charge in [0.15, 0.2) is 0 Å². The topological polar surface area (TPSA) is 70.2 Å². The maximum atomic E-state index is 11.3. The van der Waals surface area contributed by atoms with Gasteiger partial charge in [-0.25, -0.2) is 10.2 Å². The Hall–Kier alpha value is -1.75. The first kappa shape index (κ1) is 12.3. The van der Waals surface area contributed by atoms with Crippen LogP contribution in [0.15, 0.2) is 24.3 Å². The summed E-state index contributed by atoms with van der Waals surface area (Å²) in [5.41, 5.74) is 5.93. The highest BCUT2D eigenvalue weighted by Gasteiger charge is 2.04. The van der Waals surface area contributed by atoms with Crippen molar-refractivity contribution in [3.05, 3.63) is 29.8 Å². The molecule has 86 valence electrons. The maximum absolute atomic E-state index is 11.3. The van der Waals surface area contributed by atoms with Gasteiger partial charge in [0.25, 0.3) is 5.91 Å². The van der Waals surface area contributed by atoms with E-state index in [4.69, 9.17) is 11.6 Å². The molecule has 0 spiro atoms. The summed E-state index contributed by atoms with van der Waals surface area (Å²) in [5, 5.41) is 2.58. The van der Waals surface area contributed by atoms with Crippen molar-refractivity contribution in [3.8, 4) is 0 Å². The third kappa shape index (κ3) is 3.78. The monoisotopic (exact) mass is 241 g/mol. The van der Waals surface area contributed by atoms with E-state index in [-0.39, 0.29) is 5.88 Å². The van der Waals surface area contributed by atoms with Crippen LogP contribution < -0.4 is 16.2 Å². The molecule has 16 heavy (non-hydrogen) atoms. The summed E-state index contributed by atoms with van der Waals surface area (Å²) in [6.07, 6.45) is 0. The average Bonchev–Trinajstić information content (AvgIpc) is 2.29. The van der Waals surface area contributed by atoms with Crippen molar-refractivity contribution in [2.24, 2.45) is 0 Å². The van der Waals surface area contributed by atoms with Gasteiger partial charge in [0.05, 0.1) is 0 Å². The highest BCUT2D eigenvalue weighted by atomic mass is 35.5. The van der Waals surface area contributed by atoms with Crippen molar-refractivity contribution in [2.45, 2.75) is 6.92 Å². The molecule has 0 atom stereocenters. The number of urea groups is 1. The lowest BCUT2D eigenvalue weighted by Gasteiger charge is -2.09. The first-order valence-electron chi connectivity index (χ1n) is 4.61. The normalized spacial score (nSPS) is 9.38. The molecule has 0 unspecified atom stereocenters. The summed E-state index contributed by atoms with van der Waals surface area (Å²) in [7, 11) is 0. The van der Waals surface area contributed by atoms with E-state index in [1.165, 1.54) is 0 Å². The van der Waals surface area contributed by atoms with Crippen molar-refractivity contribution in [1.82, 2.24) is 10.9 Å². The Morgan fingerprint density at radius 3 is 2.56 bits per heavy atom. The van der Waals surface area contributed by atoms with E-state index in [2.05, 4.69) is 16.2 Å². The van der Waals surface area contributed by atoms with Gasteiger partial charge >= 0.3 is 6.03 Å². The van der Waals surface area contributed by atoms with Gasteiger partial charge in [-0.15, -0.1) is 11.6 Å². The Morgan fingerprint density at radius 2 is 1.94 bits per heavy atom. The Kier molecular flexibility index (Phi) is 4.60. The van der Waals surface area contributed by atoms with Crippen molar-refractivity contribution in [3.63, 3.8) is 0 Å². The molecule has 0 radical (unpaired) electrons. The van der Waals surface area contributed by atoms with Crippen LogP contribution in [0.1, 0.15) is 5.56 Å². The molecular weight excluding hydrogens is 230 g/mol. The molecule has 3 amide bonds. The number of aryl methyl sites for hydroxylation is 1. The van der Waals surface area contributed by atoms with Gasteiger partial charge < -0.3 is 5.32 Å². The summed E-state index contributed by atoms with van der Waals surface area (Å²) < 4.78 is 0. The van der Waals surface area contributed by atoms with Crippen molar-refractivity contribution < 1.29 is 9.59 Å². The summed E-state index contributed by atoms with van der Waals surface area (Å²) >= 11 is 5.24. The van der Waals surface area contributed by atoms with Crippen LogP contribution in [0.2, 0.25) is 0 Å². The molecule has 0 aliphatic heterocycles. The first-order valence-corrected chi connectivity index (χ1v) is 5.14. The van der Waals surface area contributed by atoms with Gasteiger partial charge in [0.2, 0.25) is 0 Å². The van der Waals surface area contributed by atoms with Gasteiger partial charge in [-0.2, -0.15) is 0 Å². The summed E-state index contributed by atoms with van der Waals surface area (Å²) in [5.74, 6) is -0.674. The molecule has 0 saturated heterocycles. The zero-order valence-corrected chi connectivity index (χ0v) is 9.47. The quantitative estimate of drug-likeness (QED) is 0.541. The molecule has 3 N–H and O–H groups in total. The van der Waals surface area contributed by atoms with E-state index in [0.29, 0.717) is 5.69 Å². The van der Waals surface area contributed by atoms with E-state index >= 15 is 0 Å². The number of para-hydroxylation sites is 1. The number of benzene rings is 1. The predicted molar refractivity (Wildman–Crippen MR) is 62.2 cm³/mol. The Bertz CT molecular complexity index is 395. The zero-order valence-electron chi connectivity index (χ0n) is 8.71. The Labute approximate surface area is 98.1 Å². The van der Waals surface area contributed by atoms with E-state index in [1.807, 2.05) is 19.1 Å². The fourth-order valence-electron chi connectivity index (χ4n) is 1.03. The SMILES string of the molecule is Cc1ccccc1NC(=O)NNC(=O)CCl. The second kappa shape index (κ2) is 5.97. The largest absolute Gasteiger partial charge is 0.337 e. The standard InChI is InChI=1S/C10H12ClN3O2/c1-7-4-2-3-5-8(7)12-10(16)14-13-9(15)6-11/h2-5H,6H2,1H3,(H,13,15)(H2,12,14,16). The van der Waals surface area contributed by atoms with Crippen LogP contribution >= 0.6 is 11.6 Å². The van der Waals surface area contributed by atoms with Crippen molar-refractivity contribution in [2.75, 3.05) is 11.2 Å². The Balaban J connectivity index is 2.46. The number of carbonyl (C=O) groups excluding carboxylic acids is 2. The number of amides is 3. The van der Waals surface area contributed by atoms with E-state index < -0.39 is 11.9 Å². The summed E-state index contributed by atoms with van der Waals surface area (Å²) in [4.78, 5) is 22.1. The number of alkyl halides is 1. The molecule has 0 aliphatic rings. The lowest BCUT2D eigenvalue weighted by molar-refractivity contribution is -0.119. The van der Waals surface area contributed by atoms with Gasteiger partial charge in [-0.05, 0) is 18.6 Å². The maximum Gasteiger partial charge on any atom is 0.337 e. The van der Waals surface area contributed by atoms with Crippen molar-refractivity contribution >= 4 is 29.2 Å². The highest BCUT2D eigenvalue weighted by molar-refractivity contribution is 6.27. The van der Waals surface area contributed by atoms with Gasteiger partial charge in [-0.3, -0.25) is 10.2 Å². The van der Waals surface area contributed by atoms with Crippen LogP contribution in [0.25, 0.3) is 0 Å². The van der Waals surface area contributed by atoms with Crippen LogP contribution in [0.5, 0.6) is 0 Å². The third-order valence-corrected chi connectivity index (χ3v) is 2.07. The second-order valence-corrected chi connectivity index (χ2v) is 3.34. The zero-order chi connectivity index (χ0) is 12.0. The van der Waals surface area contributed by atoms with Crippen LogP contribution in [-0.4, -0.2) is 17.8 Å². The number of halogens is 1. The van der Waals surface area contributed by atoms with Gasteiger partial charge in [-0.1, -0.05) is 18.2 Å². The molecule has 6 heteroatoms. The number of hydrogen-bond acceptors (Lipinski definition) is 2. The number of carbonyl (C=O) groups is 2. The average molecular weight is 242 g/mol. The molecule has 0 heterocycles. The fourth-order valence-corrected chi connectivity index (χ4v) is 1.09. The molecule has 0 fully saturated rings. The number of anilines is 1. The molecule has 0 bridgehead atoms. The second-order valence-electron chi connectivity index (χ2n) is 3.08. The van der Waals surface area contributed by atoms with E-state index in [9.17, 15) is 9.59 Å². The van der Waals surface area contributed by atoms with Crippen LogP contribution in [-0.2, 0) is 4.79 Å². The molecule has 0 saturated carbocycles. The molecule has 1 aromatic rings.